The first-order chi connectivity index (χ1) is 11.3. The lowest BCUT2D eigenvalue weighted by atomic mass is 9.95. The highest BCUT2D eigenvalue weighted by atomic mass is 127. The van der Waals surface area contributed by atoms with Gasteiger partial charge in [-0.25, -0.2) is 0 Å². The van der Waals surface area contributed by atoms with Crippen LogP contribution in [0.1, 0.15) is 49.5 Å². The maximum absolute atomic E-state index is 8.84. The molecule has 0 radical (unpaired) electrons. The molecule has 1 aliphatic rings. The van der Waals surface area contributed by atoms with E-state index in [0.717, 1.165) is 62.2 Å². The highest BCUT2D eigenvalue weighted by Crippen LogP contribution is 2.42. The summed E-state index contributed by atoms with van der Waals surface area (Å²) in [6, 6.07) is 10.3. The summed E-state index contributed by atoms with van der Waals surface area (Å²) in [6.45, 7) is 1.03. The van der Waals surface area contributed by atoms with Gasteiger partial charge in [0.2, 0.25) is 0 Å². The summed E-state index contributed by atoms with van der Waals surface area (Å²) in [5.41, 5.74) is 2.39. The zero-order valence-corrected chi connectivity index (χ0v) is 15.4. The van der Waals surface area contributed by atoms with E-state index in [0.29, 0.717) is 0 Å². The minimum absolute atomic E-state index is 0.154. The quantitative estimate of drug-likeness (QED) is 0.495. The molecule has 0 aliphatic heterocycles. The van der Waals surface area contributed by atoms with E-state index in [-0.39, 0.29) is 12.7 Å². The number of unbranched alkanes of at least 4 members (excludes halogenated alkanes) is 2. The van der Waals surface area contributed by atoms with Crippen LogP contribution in [0.15, 0.2) is 34.7 Å². The lowest BCUT2D eigenvalue weighted by molar-refractivity contribution is 0.0358. The van der Waals surface area contributed by atoms with Crippen molar-refractivity contribution in [2.45, 2.75) is 44.6 Å². The first kappa shape index (κ1) is 17.0. The summed E-state index contributed by atoms with van der Waals surface area (Å²) in [5, 5.41) is 8.84. The van der Waals surface area contributed by atoms with E-state index >= 15 is 0 Å². The van der Waals surface area contributed by atoms with E-state index in [4.69, 9.17) is 14.3 Å². The lowest BCUT2D eigenvalue weighted by Crippen LogP contribution is -2.13. The summed E-state index contributed by atoms with van der Waals surface area (Å²) < 4.78 is 13.5. The van der Waals surface area contributed by atoms with Crippen LogP contribution in [0.3, 0.4) is 0 Å². The van der Waals surface area contributed by atoms with Crippen LogP contribution in [-0.2, 0) is 11.2 Å². The molecular formula is C19H23IO3. The van der Waals surface area contributed by atoms with Crippen LogP contribution in [0.25, 0.3) is 11.3 Å². The van der Waals surface area contributed by atoms with Gasteiger partial charge in [0.05, 0.1) is 9.67 Å². The minimum atomic E-state index is 0.154. The molecule has 2 aromatic rings. The van der Waals surface area contributed by atoms with Crippen molar-refractivity contribution in [1.82, 2.24) is 0 Å². The Bertz CT molecular complexity index is 621. The molecule has 3 nitrogen and oxygen atoms in total. The van der Waals surface area contributed by atoms with Crippen molar-refractivity contribution >= 4 is 22.6 Å². The van der Waals surface area contributed by atoms with E-state index in [1.54, 1.807) is 0 Å². The molecule has 1 unspecified atom stereocenters. The Balaban J connectivity index is 1.75. The average Bonchev–Trinajstić information content (AvgIpc) is 2.93. The van der Waals surface area contributed by atoms with Crippen molar-refractivity contribution in [2.75, 3.05) is 13.2 Å². The Kier molecular flexibility index (Phi) is 6.14. The van der Waals surface area contributed by atoms with E-state index in [9.17, 15) is 0 Å². The van der Waals surface area contributed by atoms with Crippen LogP contribution in [0.4, 0.5) is 0 Å². The Morgan fingerprint density at radius 2 is 2.00 bits per heavy atom. The van der Waals surface area contributed by atoms with E-state index < -0.39 is 0 Å². The van der Waals surface area contributed by atoms with Crippen molar-refractivity contribution < 1.29 is 14.3 Å². The van der Waals surface area contributed by atoms with Crippen LogP contribution < -0.4 is 0 Å². The number of aliphatic hydroxyl groups is 1. The molecule has 1 N–H and O–H groups in total. The van der Waals surface area contributed by atoms with E-state index in [1.165, 1.54) is 9.13 Å². The molecular weight excluding hydrogens is 403 g/mol. The number of aliphatic hydroxyl groups excluding tert-OH is 1. The van der Waals surface area contributed by atoms with Crippen molar-refractivity contribution in [3.8, 4) is 11.3 Å². The third kappa shape index (κ3) is 3.98. The number of hydrogen-bond donors (Lipinski definition) is 1. The number of ether oxygens (including phenoxy) is 1. The molecule has 0 bridgehead atoms. The fraction of sp³-hybridized carbons (Fsp3) is 0.474. The summed E-state index contributed by atoms with van der Waals surface area (Å²) in [5.74, 6) is 2.08. The third-order valence-corrected chi connectivity index (χ3v) is 5.38. The summed E-state index contributed by atoms with van der Waals surface area (Å²) in [6.07, 6.45) is 6.23. The fourth-order valence-corrected chi connectivity index (χ4v) is 4.19. The molecule has 1 atom stereocenters. The summed E-state index contributed by atoms with van der Waals surface area (Å²) >= 11 is 2.41. The second kappa shape index (κ2) is 8.31. The second-order valence-corrected chi connectivity index (χ2v) is 7.06. The second-order valence-electron chi connectivity index (χ2n) is 5.98. The first-order valence-corrected chi connectivity index (χ1v) is 9.48. The average molecular weight is 426 g/mol. The third-order valence-electron chi connectivity index (χ3n) is 4.31. The standard InChI is InChI=1S/C19H23IO3/c20-18-17-15(22-13-6-2-5-12-21)10-7-11-16(17)23-19(18)14-8-3-1-4-9-14/h1,3-4,8-9,15,21H,2,5-7,10-13H2. The molecule has 1 heterocycles. The highest BCUT2D eigenvalue weighted by Gasteiger charge is 2.29. The maximum atomic E-state index is 8.84. The van der Waals surface area contributed by atoms with Gasteiger partial charge < -0.3 is 14.3 Å². The van der Waals surface area contributed by atoms with Gasteiger partial charge in [-0.1, -0.05) is 30.3 Å². The number of rotatable bonds is 7. The van der Waals surface area contributed by atoms with Gasteiger partial charge in [-0.15, -0.1) is 0 Å². The van der Waals surface area contributed by atoms with Crippen molar-refractivity contribution in [2.24, 2.45) is 0 Å². The fourth-order valence-electron chi connectivity index (χ4n) is 3.12. The molecule has 0 spiro atoms. The zero-order valence-electron chi connectivity index (χ0n) is 13.3. The van der Waals surface area contributed by atoms with Crippen LogP contribution in [0.5, 0.6) is 0 Å². The summed E-state index contributed by atoms with van der Waals surface area (Å²) in [7, 11) is 0. The number of aryl methyl sites for hydroxylation is 1. The molecule has 0 saturated carbocycles. The molecule has 0 amide bonds. The van der Waals surface area contributed by atoms with Gasteiger partial charge in [0, 0.05) is 30.8 Å². The Hall–Kier alpha value is -0.850. The lowest BCUT2D eigenvalue weighted by Gasteiger charge is -2.22. The van der Waals surface area contributed by atoms with Crippen molar-refractivity contribution in [3.63, 3.8) is 0 Å². The molecule has 23 heavy (non-hydrogen) atoms. The van der Waals surface area contributed by atoms with Gasteiger partial charge >= 0.3 is 0 Å². The van der Waals surface area contributed by atoms with Gasteiger partial charge in [-0.2, -0.15) is 0 Å². The topological polar surface area (TPSA) is 42.6 Å². The first-order valence-electron chi connectivity index (χ1n) is 8.40. The molecule has 1 aromatic heterocycles. The predicted molar refractivity (Wildman–Crippen MR) is 99.4 cm³/mol. The molecule has 124 valence electrons. The van der Waals surface area contributed by atoms with Gasteiger partial charge in [0.1, 0.15) is 11.5 Å². The van der Waals surface area contributed by atoms with Crippen molar-refractivity contribution in [3.05, 3.63) is 45.2 Å². The minimum Gasteiger partial charge on any atom is -0.460 e. The van der Waals surface area contributed by atoms with E-state index in [1.807, 2.05) is 18.2 Å². The van der Waals surface area contributed by atoms with Crippen LogP contribution in [-0.4, -0.2) is 18.3 Å². The number of furan rings is 1. The zero-order chi connectivity index (χ0) is 16.1. The van der Waals surface area contributed by atoms with E-state index in [2.05, 4.69) is 34.7 Å². The Morgan fingerprint density at radius 3 is 2.78 bits per heavy atom. The van der Waals surface area contributed by atoms with Gasteiger partial charge in [-0.3, -0.25) is 0 Å². The van der Waals surface area contributed by atoms with Crippen LogP contribution >= 0.6 is 22.6 Å². The molecule has 1 aliphatic carbocycles. The van der Waals surface area contributed by atoms with Gasteiger partial charge in [0.25, 0.3) is 0 Å². The molecule has 0 fully saturated rings. The Labute approximate surface area is 151 Å². The maximum Gasteiger partial charge on any atom is 0.147 e. The smallest absolute Gasteiger partial charge is 0.147 e. The SMILES string of the molecule is OCCCCCOC1CCCc2oc(-c3ccccc3)c(I)c21. The Morgan fingerprint density at radius 1 is 1.17 bits per heavy atom. The monoisotopic (exact) mass is 426 g/mol. The largest absolute Gasteiger partial charge is 0.460 e. The number of hydrogen-bond acceptors (Lipinski definition) is 3. The predicted octanol–water partition coefficient (Wildman–Crippen LogP) is 5.11. The van der Waals surface area contributed by atoms with Crippen LogP contribution in [0.2, 0.25) is 0 Å². The van der Waals surface area contributed by atoms with Gasteiger partial charge in [-0.05, 0) is 54.7 Å². The summed E-state index contributed by atoms with van der Waals surface area (Å²) in [4.78, 5) is 0. The molecule has 4 heteroatoms. The van der Waals surface area contributed by atoms with Crippen molar-refractivity contribution in [1.29, 1.82) is 0 Å². The highest BCUT2D eigenvalue weighted by molar-refractivity contribution is 14.1. The van der Waals surface area contributed by atoms with Gasteiger partial charge in [0.15, 0.2) is 0 Å². The van der Waals surface area contributed by atoms with Crippen LogP contribution in [0, 0.1) is 3.57 Å². The molecule has 0 saturated heterocycles. The number of fused-ring (bicyclic) bond motifs is 1. The molecule has 1 aromatic carbocycles. The normalized spacial score (nSPS) is 17.2. The number of halogens is 1. The number of benzene rings is 1. The molecule has 3 rings (SSSR count).